The van der Waals surface area contributed by atoms with Crippen LogP contribution in [0.25, 0.3) is 0 Å². The van der Waals surface area contributed by atoms with Crippen molar-refractivity contribution < 1.29 is 14.6 Å². The molecular formula is C24H33NO3. The third-order valence-electron chi connectivity index (χ3n) is 5.22. The van der Waals surface area contributed by atoms with Crippen LogP contribution in [0.4, 0.5) is 0 Å². The Labute approximate surface area is 169 Å². The molecule has 4 nitrogen and oxygen atoms in total. The van der Waals surface area contributed by atoms with Gasteiger partial charge in [0.05, 0.1) is 6.10 Å². The van der Waals surface area contributed by atoms with Gasteiger partial charge in [0.15, 0.2) is 0 Å². The van der Waals surface area contributed by atoms with Crippen molar-refractivity contribution in [2.24, 2.45) is 0 Å². The number of nitrogens with zero attached hydrogens (tertiary/aromatic N) is 1. The smallest absolute Gasteiger partial charge is 0.119 e. The van der Waals surface area contributed by atoms with E-state index in [0.29, 0.717) is 13.2 Å². The second-order valence-electron chi connectivity index (χ2n) is 7.78. The van der Waals surface area contributed by atoms with Gasteiger partial charge in [0, 0.05) is 26.2 Å². The van der Waals surface area contributed by atoms with E-state index >= 15 is 0 Å². The Morgan fingerprint density at radius 2 is 1.96 bits per heavy atom. The summed E-state index contributed by atoms with van der Waals surface area (Å²) in [4.78, 5) is 2.29. The molecule has 1 N–H and O–H groups in total. The second-order valence-corrected chi connectivity index (χ2v) is 7.78. The minimum Gasteiger partial charge on any atom is -0.491 e. The molecule has 1 heterocycles. The van der Waals surface area contributed by atoms with Gasteiger partial charge in [-0.05, 0) is 55.0 Å². The normalized spacial score (nSPS) is 17.8. The summed E-state index contributed by atoms with van der Waals surface area (Å²) < 4.78 is 11.6. The van der Waals surface area contributed by atoms with Crippen LogP contribution in [-0.2, 0) is 17.7 Å². The molecule has 0 aromatic heterocycles. The summed E-state index contributed by atoms with van der Waals surface area (Å²) in [6.45, 7) is 7.58. The fraction of sp³-hybridized carbons (Fsp3) is 0.500. The molecule has 0 spiro atoms. The first-order valence-corrected chi connectivity index (χ1v) is 10.4. The summed E-state index contributed by atoms with van der Waals surface area (Å²) in [7, 11) is 0. The first-order valence-electron chi connectivity index (χ1n) is 10.4. The van der Waals surface area contributed by atoms with Crippen molar-refractivity contribution in [1.82, 2.24) is 4.90 Å². The average molecular weight is 384 g/mol. The molecule has 2 aromatic rings. The van der Waals surface area contributed by atoms with Crippen LogP contribution in [0.2, 0.25) is 0 Å². The molecule has 0 aliphatic carbocycles. The Morgan fingerprint density at radius 3 is 2.64 bits per heavy atom. The fourth-order valence-corrected chi connectivity index (χ4v) is 3.67. The quantitative estimate of drug-likeness (QED) is 0.674. The Bertz CT molecular complexity index is 710. The molecule has 2 atom stereocenters. The second kappa shape index (κ2) is 10.6. The van der Waals surface area contributed by atoms with Crippen molar-refractivity contribution >= 4 is 0 Å². The Kier molecular flexibility index (Phi) is 7.90. The molecule has 152 valence electrons. The highest BCUT2D eigenvalue weighted by molar-refractivity contribution is 5.27. The van der Waals surface area contributed by atoms with Crippen LogP contribution in [0.1, 0.15) is 36.5 Å². The number of aryl methyl sites for hydroxylation is 2. The van der Waals surface area contributed by atoms with E-state index in [-0.39, 0.29) is 6.10 Å². The van der Waals surface area contributed by atoms with E-state index in [9.17, 15) is 5.11 Å². The van der Waals surface area contributed by atoms with Gasteiger partial charge in [-0.2, -0.15) is 0 Å². The van der Waals surface area contributed by atoms with Gasteiger partial charge in [-0.3, -0.25) is 4.90 Å². The summed E-state index contributed by atoms with van der Waals surface area (Å²) in [5, 5.41) is 10.6. The third kappa shape index (κ3) is 6.62. The van der Waals surface area contributed by atoms with E-state index in [1.807, 2.05) is 31.2 Å². The molecule has 3 rings (SSSR count). The van der Waals surface area contributed by atoms with Gasteiger partial charge in [0.1, 0.15) is 18.5 Å². The number of aliphatic hydroxyl groups is 1. The van der Waals surface area contributed by atoms with E-state index in [0.717, 1.165) is 50.3 Å². The van der Waals surface area contributed by atoms with Crippen molar-refractivity contribution in [2.75, 3.05) is 26.3 Å². The van der Waals surface area contributed by atoms with Gasteiger partial charge in [0.2, 0.25) is 0 Å². The summed E-state index contributed by atoms with van der Waals surface area (Å²) in [6.07, 6.45) is 3.00. The minimum atomic E-state index is -0.545. The Morgan fingerprint density at radius 1 is 1.18 bits per heavy atom. The average Bonchev–Trinajstić information content (AvgIpc) is 3.20. The molecule has 0 bridgehead atoms. The maximum absolute atomic E-state index is 10.6. The molecule has 0 radical (unpaired) electrons. The van der Waals surface area contributed by atoms with E-state index in [1.54, 1.807) is 0 Å². The van der Waals surface area contributed by atoms with Gasteiger partial charge in [0.25, 0.3) is 0 Å². The highest BCUT2D eigenvalue weighted by Gasteiger charge is 2.21. The molecular weight excluding hydrogens is 350 g/mol. The number of rotatable bonds is 10. The zero-order valence-corrected chi connectivity index (χ0v) is 17.1. The van der Waals surface area contributed by atoms with E-state index in [2.05, 4.69) is 36.1 Å². The molecule has 4 heteroatoms. The van der Waals surface area contributed by atoms with Crippen LogP contribution in [0, 0.1) is 6.92 Å². The largest absolute Gasteiger partial charge is 0.491 e. The van der Waals surface area contributed by atoms with Crippen LogP contribution in [0.5, 0.6) is 5.75 Å². The summed E-state index contributed by atoms with van der Waals surface area (Å²) in [6, 6.07) is 16.7. The van der Waals surface area contributed by atoms with Gasteiger partial charge in [-0.15, -0.1) is 0 Å². The Hall–Kier alpha value is -1.88. The van der Waals surface area contributed by atoms with Gasteiger partial charge in [-0.25, -0.2) is 0 Å². The number of hydrogen-bond donors (Lipinski definition) is 1. The molecule has 28 heavy (non-hydrogen) atoms. The maximum Gasteiger partial charge on any atom is 0.119 e. The summed E-state index contributed by atoms with van der Waals surface area (Å²) in [5.74, 6) is 0.805. The van der Waals surface area contributed by atoms with Crippen molar-refractivity contribution in [3.63, 3.8) is 0 Å². The van der Waals surface area contributed by atoms with E-state index in [4.69, 9.17) is 9.47 Å². The minimum absolute atomic E-state index is 0.264. The molecule has 0 amide bonds. The first-order chi connectivity index (χ1) is 13.6. The number of hydrogen-bond acceptors (Lipinski definition) is 4. The Balaban J connectivity index is 1.56. The highest BCUT2D eigenvalue weighted by Crippen LogP contribution is 2.17. The van der Waals surface area contributed by atoms with Crippen molar-refractivity contribution in [3.05, 3.63) is 65.2 Å². The van der Waals surface area contributed by atoms with Gasteiger partial charge in [-0.1, -0.05) is 43.3 Å². The van der Waals surface area contributed by atoms with E-state index < -0.39 is 6.10 Å². The molecule has 2 unspecified atom stereocenters. The molecule has 1 saturated heterocycles. The van der Waals surface area contributed by atoms with Crippen molar-refractivity contribution in [2.45, 2.75) is 51.9 Å². The van der Waals surface area contributed by atoms with Crippen LogP contribution >= 0.6 is 0 Å². The monoisotopic (exact) mass is 383 g/mol. The standard InChI is InChI=1S/C24H33NO3/c1-3-20-9-11-21(12-10-20)15-25(17-24-8-5-13-27-24)16-22(26)18-28-23-7-4-6-19(2)14-23/h4,6-7,9-12,14,22,24,26H,3,5,8,13,15-18H2,1-2H3. The first kappa shape index (κ1) is 20.8. The predicted molar refractivity (Wildman–Crippen MR) is 113 cm³/mol. The fourth-order valence-electron chi connectivity index (χ4n) is 3.67. The lowest BCUT2D eigenvalue weighted by Crippen LogP contribution is -2.39. The SMILES string of the molecule is CCc1ccc(CN(CC(O)COc2cccc(C)c2)CC2CCCO2)cc1. The van der Waals surface area contributed by atoms with Gasteiger partial charge < -0.3 is 14.6 Å². The maximum atomic E-state index is 10.6. The number of benzene rings is 2. The molecule has 1 fully saturated rings. The lowest BCUT2D eigenvalue weighted by atomic mass is 10.1. The highest BCUT2D eigenvalue weighted by atomic mass is 16.5. The van der Waals surface area contributed by atoms with Gasteiger partial charge >= 0.3 is 0 Å². The van der Waals surface area contributed by atoms with Crippen LogP contribution in [0.3, 0.4) is 0 Å². The third-order valence-corrected chi connectivity index (χ3v) is 5.22. The molecule has 1 aliphatic rings. The topological polar surface area (TPSA) is 41.9 Å². The van der Waals surface area contributed by atoms with Crippen LogP contribution in [0.15, 0.2) is 48.5 Å². The summed E-state index contributed by atoms with van der Waals surface area (Å²) >= 11 is 0. The van der Waals surface area contributed by atoms with Crippen LogP contribution < -0.4 is 4.74 Å². The number of aliphatic hydroxyl groups excluding tert-OH is 1. The van der Waals surface area contributed by atoms with Crippen LogP contribution in [-0.4, -0.2) is 48.5 Å². The summed E-state index contributed by atoms with van der Waals surface area (Å²) in [5.41, 5.74) is 3.77. The molecule has 2 aromatic carbocycles. The zero-order chi connectivity index (χ0) is 19.8. The zero-order valence-electron chi connectivity index (χ0n) is 17.1. The van der Waals surface area contributed by atoms with Crippen molar-refractivity contribution in [3.8, 4) is 5.75 Å². The molecule has 1 aliphatic heterocycles. The van der Waals surface area contributed by atoms with E-state index in [1.165, 1.54) is 11.1 Å². The molecule has 0 saturated carbocycles. The lowest BCUT2D eigenvalue weighted by Gasteiger charge is -2.27. The number of ether oxygens (including phenoxy) is 2. The lowest BCUT2D eigenvalue weighted by molar-refractivity contribution is 0.0313. The van der Waals surface area contributed by atoms with Crippen molar-refractivity contribution in [1.29, 1.82) is 0 Å². The predicted octanol–water partition coefficient (Wildman–Crippen LogP) is 3.98.